The Hall–Kier alpha value is -1.59. The minimum Gasteiger partial charge on any atom is -0.355 e. The van der Waals surface area contributed by atoms with Gasteiger partial charge in [-0.15, -0.1) is 0 Å². The van der Waals surface area contributed by atoms with Crippen molar-refractivity contribution in [1.82, 2.24) is 10.6 Å². The highest BCUT2D eigenvalue weighted by Gasteiger charge is 2.29. The molecule has 1 aliphatic rings. The van der Waals surface area contributed by atoms with Crippen molar-refractivity contribution < 1.29 is 9.59 Å². The highest BCUT2D eigenvalue weighted by atomic mass is 35.5. The summed E-state index contributed by atoms with van der Waals surface area (Å²) in [6, 6.07) is 4.89. The summed E-state index contributed by atoms with van der Waals surface area (Å²) < 4.78 is 0. The zero-order valence-corrected chi connectivity index (χ0v) is 12.3. The predicted molar refractivity (Wildman–Crippen MR) is 79.0 cm³/mol. The van der Waals surface area contributed by atoms with Gasteiger partial charge in [0.1, 0.15) is 0 Å². The second-order valence-corrected chi connectivity index (χ2v) is 5.41. The normalized spacial score (nSPS) is 21.6. The summed E-state index contributed by atoms with van der Waals surface area (Å²) in [4.78, 5) is 23.8. The van der Waals surface area contributed by atoms with Gasteiger partial charge in [-0.1, -0.05) is 18.5 Å². The standard InChI is InChI=1S/C14H18ClN3O2/c1-8-6-17-7-11(8)14(20)18-9-3-4-12(15)10(5-9)13(19)16-2/h3-5,8,11,17H,6-7H2,1-2H3,(H,16,19)(H,18,20). The number of amides is 2. The maximum absolute atomic E-state index is 12.2. The number of carbonyl (C=O) groups excluding carboxylic acids is 2. The Bertz CT molecular complexity index is 533. The molecule has 0 saturated carbocycles. The molecule has 2 atom stereocenters. The zero-order valence-electron chi connectivity index (χ0n) is 11.5. The number of carbonyl (C=O) groups is 2. The Morgan fingerprint density at radius 1 is 1.35 bits per heavy atom. The van der Waals surface area contributed by atoms with Crippen molar-refractivity contribution in [2.45, 2.75) is 6.92 Å². The summed E-state index contributed by atoms with van der Waals surface area (Å²) in [5.74, 6) is -0.0514. The van der Waals surface area contributed by atoms with Crippen LogP contribution in [-0.2, 0) is 4.79 Å². The number of hydrogen-bond acceptors (Lipinski definition) is 3. The van der Waals surface area contributed by atoms with Gasteiger partial charge in [0, 0.05) is 19.3 Å². The van der Waals surface area contributed by atoms with Crippen LogP contribution in [0.25, 0.3) is 0 Å². The third-order valence-electron chi connectivity index (χ3n) is 3.56. The Labute approximate surface area is 123 Å². The minimum atomic E-state index is -0.276. The molecule has 1 aromatic rings. The van der Waals surface area contributed by atoms with Gasteiger partial charge in [-0.3, -0.25) is 9.59 Å². The highest BCUT2D eigenvalue weighted by Crippen LogP contribution is 2.23. The molecule has 0 radical (unpaired) electrons. The van der Waals surface area contributed by atoms with Crippen molar-refractivity contribution in [1.29, 1.82) is 0 Å². The van der Waals surface area contributed by atoms with Crippen LogP contribution in [-0.4, -0.2) is 32.0 Å². The number of benzene rings is 1. The molecule has 1 fully saturated rings. The Balaban J connectivity index is 2.13. The molecule has 20 heavy (non-hydrogen) atoms. The lowest BCUT2D eigenvalue weighted by Gasteiger charge is -2.15. The van der Waals surface area contributed by atoms with Crippen molar-refractivity contribution >= 4 is 29.1 Å². The van der Waals surface area contributed by atoms with Gasteiger partial charge in [0.05, 0.1) is 16.5 Å². The van der Waals surface area contributed by atoms with Crippen molar-refractivity contribution in [3.63, 3.8) is 0 Å². The van der Waals surface area contributed by atoms with Crippen molar-refractivity contribution in [3.8, 4) is 0 Å². The average Bonchev–Trinajstić information content (AvgIpc) is 2.86. The second-order valence-electron chi connectivity index (χ2n) is 5.01. The van der Waals surface area contributed by atoms with Crippen LogP contribution in [0.5, 0.6) is 0 Å². The predicted octanol–water partition coefficient (Wildman–Crippen LogP) is 1.49. The van der Waals surface area contributed by atoms with E-state index in [4.69, 9.17) is 11.6 Å². The maximum atomic E-state index is 12.2. The molecule has 0 aromatic heterocycles. The van der Waals surface area contributed by atoms with Crippen LogP contribution in [0.2, 0.25) is 5.02 Å². The summed E-state index contributed by atoms with van der Waals surface area (Å²) in [5.41, 5.74) is 0.932. The van der Waals surface area contributed by atoms with Crippen molar-refractivity contribution in [2.24, 2.45) is 11.8 Å². The summed E-state index contributed by atoms with van der Waals surface area (Å²) in [6.45, 7) is 3.58. The topological polar surface area (TPSA) is 70.2 Å². The molecule has 0 aliphatic carbocycles. The smallest absolute Gasteiger partial charge is 0.252 e. The molecule has 1 aromatic carbocycles. The summed E-state index contributed by atoms with van der Waals surface area (Å²) in [6.07, 6.45) is 0. The van der Waals surface area contributed by atoms with E-state index in [0.29, 0.717) is 28.7 Å². The van der Waals surface area contributed by atoms with Crippen LogP contribution in [0.15, 0.2) is 18.2 Å². The summed E-state index contributed by atoms with van der Waals surface area (Å²) in [7, 11) is 1.54. The first kappa shape index (κ1) is 14.8. The van der Waals surface area contributed by atoms with Crippen molar-refractivity contribution in [3.05, 3.63) is 28.8 Å². The minimum absolute atomic E-state index is 0.0346. The van der Waals surface area contributed by atoms with Gasteiger partial charge in [-0.2, -0.15) is 0 Å². The molecule has 2 amide bonds. The molecule has 1 heterocycles. The van der Waals surface area contributed by atoms with Gasteiger partial charge < -0.3 is 16.0 Å². The van der Waals surface area contributed by atoms with E-state index in [9.17, 15) is 9.59 Å². The number of nitrogens with one attached hydrogen (secondary N) is 3. The number of halogens is 1. The van der Waals surface area contributed by atoms with Crippen LogP contribution in [0.1, 0.15) is 17.3 Å². The lowest BCUT2D eigenvalue weighted by Crippen LogP contribution is -2.28. The van der Waals surface area contributed by atoms with E-state index in [-0.39, 0.29) is 17.7 Å². The number of anilines is 1. The van der Waals surface area contributed by atoms with E-state index >= 15 is 0 Å². The molecule has 5 nitrogen and oxygen atoms in total. The fourth-order valence-electron chi connectivity index (χ4n) is 2.31. The molecule has 1 aliphatic heterocycles. The second kappa shape index (κ2) is 6.24. The molecule has 3 N–H and O–H groups in total. The van der Waals surface area contributed by atoms with Crippen LogP contribution in [0.4, 0.5) is 5.69 Å². The third-order valence-corrected chi connectivity index (χ3v) is 3.89. The van der Waals surface area contributed by atoms with E-state index in [1.54, 1.807) is 18.2 Å². The van der Waals surface area contributed by atoms with Gasteiger partial charge in [-0.25, -0.2) is 0 Å². The van der Waals surface area contributed by atoms with Gasteiger partial charge in [0.25, 0.3) is 5.91 Å². The number of hydrogen-bond donors (Lipinski definition) is 3. The monoisotopic (exact) mass is 295 g/mol. The lowest BCUT2D eigenvalue weighted by atomic mass is 9.97. The first-order chi connectivity index (χ1) is 9.52. The Kier molecular flexibility index (Phi) is 4.62. The molecule has 2 unspecified atom stereocenters. The van der Waals surface area contributed by atoms with Crippen LogP contribution in [0.3, 0.4) is 0 Å². The Morgan fingerprint density at radius 2 is 2.10 bits per heavy atom. The van der Waals surface area contributed by atoms with E-state index in [2.05, 4.69) is 16.0 Å². The van der Waals surface area contributed by atoms with Gasteiger partial charge in [0.15, 0.2) is 0 Å². The van der Waals surface area contributed by atoms with Crippen LogP contribution in [0, 0.1) is 11.8 Å². The molecule has 108 valence electrons. The summed E-state index contributed by atoms with van der Waals surface area (Å²) in [5, 5.41) is 8.91. The highest BCUT2D eigenvalue weighted by molar-refractivity contribution is 6.34. The quantitative estimate of drug-likeness (QED) is 0.791. The van der Waals surface area contributed by atoms with E-state index in [1.807, 2.05) is 6.92 Å². The fourth-order valence-corrected chi connectivity index (χ4v) is 2.51. The third kappa shape index (κ3) is 3.11. The first-order valence-electron chi connectivity index (χ1n) is 6.56. The fraction of sp³-hybridized carbons (Fsp3) is 0.429. The Morgan fingerprint density at radius 3 is 2.70 bits per heavy atom. The molecule has 0 spiro atoms. The van der Waals surface area contributed by atoms with Gasteiger partial charge in [0.2, 0.25) is 5.91 Å². The summed E-state index contributed by atoms with van der Waals surface area (Å²) >= 11 is 5.97. The lowest BCUT2D eigenvalue weighted by molar-refractivity contribution is -0.120. The van der Waals surface area contributed by atoms with Crippen molar-refractivity contribution in [2.75, 3.05) is 25.5 Å². The molecule has 2 rings (SSSR count). The van der Waals surface area contributed by atoms with Gasteiger partial charge in [-0.05, 0) is 30.7 Å². The SMILES string of the molecule is CNC(=O)c1cc(NC(=O)C2CNCC2C)ccc1Cl. The van der Waals surface area contributed by atoms with E-state index in [1.165, 1.54) is 7.05 Å². The van der Waals surface area contributed by atoms with Crippen LogP contribution < -0.4 is 16.0 Å². The van der Waals surface area contributed by atoms with E-state index < -0.39 is 0 Å². The molecule has 1 saturated heterocycles. The average molecular weight is 296 g/mol. The molecule has 6 heteroatoms. The first-order valence-corrected chi connectivity index (χ1v) is 6.94. The van der Waals surface area contributed by atoms with Gasteiger partial charge >= 0.3 is 0 Å². The van der Waals surface area contributed by atoms with E-state index in [0.717, 1.165) is 6.54 Å². The molecule has 0 bridgehead atoms. The molecular formula is C14H18ClN3O2. The maximum Gasteiger partial charge on any atom is 0.252 e. The zero-order chi connectivity index (χ0) is 14.7. The number of rotatable bonds is 3. The molecular weight excluding hydrogens is 278 g/mol. The largest absolute Gasteiger partial charge is 0.355 e. The van der Waals surface area contributed by atoms with Crippen LogP contribution >= 0.6 is 11.6 Å².